The Kier molecular flexibility index (Phi) is 3.95. The molecule has 0 saturated heterocycles. The zero-order chi connectivity index (χ0) is 13.9. The van der Waals surface area contributed by atoms with Crippen molar-refractivity contribution in [2.45, 2.75) is 44.9 Å². The first-order chi connectivity index (χ1) is 9.75. The molecule has 0 bridgehead atoms. The van der Waals surface area contributed by atoms with Gasteiger partial charge in [0.1, 0.15) is 0 Å². The van der Waals surface area contributed by atoms with E-state index in [1.54, 1.807) is 0 Å². The lowest BCUT2D eigenvalue weighted by Crippen LogP contribution is -2.03. The van der Waals surface area contributed by atoms with E-state index in [0.717, 1.165) is 5.92 Å². The van der Waals surface area contributed by atoms with E-state index in [4.69, 9.17) is 0 Å². The summed E-state index contributed by atoms with van der Waals surface area (Å²) in [6.45, 7) is 2.32. The van der Waals surface area contributed by atoms with Crippen molar-refractivity contribution in [2.75, 3.05) is 0 Å². The summed E-state index contributed by atoms with van der Waals surface area (Å²) in [7, 11) is 2.14. The van der Waals surface area contributed by atoms with Crippen molar-refractivity contribution >= 4 is 10.9 Å². The highest BCUT2D eigenvalue weighted by molar-refractivity contribution is 5.84. The van der Waals surface area contributed by atoms with E-state index in [0.29, 0.717) is 5.92 Å². The third-order valence-corrected chi connectivity index (χ3v) is 4.74. The molecule has 0 amide bonds. The van der Waals surface area contributed by atoms with Gasteiger partial charge >= 0.3 is 0 Å². The molecule has 1 aliphatic rings. The van der Waals surface area contributed by atoms with Crippen LogP contribution in [-0.4, -0.2) is 4.57 Å². The lowest BCUT2D eigenvalue weighted by atomic mass is 9.88. The molecule has 3 rings (SSSR count). The lowest BCUT2D eigenvalue weighted by Gasteiger charge is -2.18. The first-order valence-corrected chi connectivity index (χ1v) is 7.98. The molecule has 1 nitrogen and oxygen atoms in total. The maximum Gasteiger partial charge on any atom is 0.0480 e. The standard InChI is InChI=1S/C19H25N/c1-15(12-13-16-8-4-3-5-9-16)18-14-20(2)19-11-7-6-10-17(18)19/h6-7,10-16H,3-5,8-9H2,1-2H3/b13-12+. The van der Waals surface area contributed by atoms with Gasteiger partial charge in [-0.05, 0) is 30.4 Å². The van der Waals surface area contributed by atoms with Crippen LogP contribution in [0.3, 0.4) is 0 Å². The minimum absolute atomic E-state index is 0.503. The average molecular weight is 267 g/mol. The molecule has 1 fully saturated rings. The van der Waals surface area contributed by atoms with Gasteiger partial charge in [-0.25, -0.2) is 0 Å². The Morgan fingerprint density at radius 1 is 1.15 bits per heavy atom. The van der Waals surface area contributed by atoms with Crippen molar-refractivity contribution in [1.82, 2.24) is 4.57 Å². The normalized spacial score (nSPS) is 18.9. The Hall–Kier alpha value is -1.50. The highest BCUT2D eigenvalue weighted by Gasteiger charge is 2.13. The predicted octanol–water partition coefficient (Wildman–Crippen LogP) is 5.42. The molecule has 1 aromatic heterocycles. The number of allylic oxidation sites excluding steroid dienone is 2. The fraction of sp³-hybridized carbons (Fsp3) is 0.474. The van der Waals surface area contributed by atoms with Crippen LogP contribution in [0.5, 0.6) is 0 Å². The molecule has 0 N–H and O–H groups in total. The predicted molar refractivity (Wildman–Crippen MR) is 87.0 cm³/mol. The summed E-state index contributed by atoms with van der Waals surface area (Å²) in [6, 6.07) is 8.71. The Morgan fingerprint density at radius 2 is 1.90 bits per heavy atom. The van der Waals surface area contributed by atoms with Crippen LogP contribution >= 0.6 is 0 Å². The third kappa shape index (κ3) is 2.67. The maximum atomic E-state index is 2.48. The van der Waals surface area contributed by atoms with Gasteiger partial charge in [0, 0.05) is 30.1 Å². The van der Waals surface area contributed by atoms with Crippen molar-refractivity contribution in [3.05, 3.63) is 48.2 Å². The summed E-state index contributed by atoms with van der Waals surface area (Å²) >= 11 is 0. The van der Waals surface area contributed by atoms with Gasteiger partial charge in [0.25, 0.3) is 0 Å². The summed E-state index contributed by atoms with van der Waals surface area (Å²) in [4.78, 5) is 0. The maximum absolute atomic E-state index is 2.48. The average Bonchev–Trinajstić information content (AvgIpc) is 2.84. The molecule has 1 heterocycles. The monoisotopic (exact) mass is 267 g/mol. The molecule has 1 atom stereocenters. The summed E-state index contributed by atoms with van der Waals surface area (Å²) in [5, 5.41) is 1.40. The molecule has 1 unspecified atom stereocenters. The van der Waals surface area contributed by atoms with Crippen LogP contribution in [0.15, 0.2) is 42.6 Å². The lowest BCUT2D eigenvalue weighted by molar-refractivity contribution is 0.418. The van der Waals surface area contributed by atoms with Crippen molar-refractivity contribution in [1.29, 1.82) is 0 Å². The van der Waals surface area contributed by atoms with Crippen LogP contribution in [0.25, 0.3) is 10.9 Å². The van der Waals surface area contributed by atoms with E-state index < -0.39 is 0 Å². The van der Waals surface area contributed by atoms with Gasteiger partial charge in [-0.3, -0.25) is 0 Å². The Labute approximate surface area is 122 Å². The number of aromatic nitrogens is 1. The number of hydrogen-bond acceptors (Lipinski definition) is 0. The van der Waals surface area contributed by atoms with E-state index in [2.05, 4.69) is 61.2 Å². The second-order valence-corrected chi connectivity index (χ2v) is 6.28. The molecule has 106 valence electrons. The fourth-order valence-corrected chi connectivity index (χ4v) is 3.49. The van der Waals surface area contributed by atoms with Gasteiger partial charge in [0.2, 0.25) is 0 Å². The van der Waals surface area contributed by atoms with E-state index in [-0.39, 0.29) is 0 Å². The van der Waals surface area contributed by atoms with E-state index in [1.165, 1.54) is 48.6 Å². The SMILES string of the molecule is CC(/C=C/C1CCCCC1)c1cn(C)c2ccccc12. The quantitative estimate of drug-likeness (QED) is 0.654. The van der Waals surface area contributed by atoms with Gasteiger partial charge < -0.3 is 4.57 Å². The molecule has 1 heteroatoms. The summed E-state index contributed by atoms with van der Waals surface area (Å²) in [5.74, 6) is 1.32. The van der Waals surface area contributed by atoms with Gasteiger partial charge in [-0.15, -0.1) is 0 Å². The molecular formula is C19H25N. The number of hydrogen-bond donors (Lipinski definition) is 0. The van der Waals surface area contributed by atoms with Gasteiger partial charge in [-0.1, -0.05) is 56.5 Å². The zero-order valence-corrected chi connectivity index (χ0v) is 12.7. The number of benzene rings is 1. The van der Waals surface area contributed by atoms with E-state index in [9.17, 15) is 0 Å². The first-order valence-electron chi connectivity index (χ1n) is 7.98. The summed E-state index contributed by atoms with van der Waals surface area (Å²) < 4.78 is 2.25. The minimum atomic E-state index is 0.503. The molecule has 2 aromatic rings. The van der Waals surface area contributed by atoms with Crippen molar-refractivity contribution in [3.8, 4) is 0 Å². The van der Waals surface area contributed by atoms with Crippen LogP contribution in [-0.2, 0) is 7.05 Å². The fourth-order valence-electron chi connectivity index (χ4n) is 3.49. The number of nitrogens with zero attached hydrogens (tertiary/aromatic N) is 1. The first kappa shape index (κ1) is 13.5. The largest absolute Gasteiger partial charge is 0.350 e. The zero-order valence-electron chi connectivity index (χ0n) is 12.7. The Bertz CT molecular complexity index is 599. The molecule has 1 aliphatic carbocycles. The molecular weight excluding hydrogens is 242 g/mol. The molecule has 1 aromatic carbocycles. The summed E-state index contributed by atoms with van der Waals surface area (Å²) in [5.41, 5.74) is 2.79. The van der Waals surface area contributed by atoms with Crippen molar-refractivity contribution in [2.24, 2.45) is 13.0 Å². The molecule has 0 spiro atoms. The van der Waals surface area contributed by atoms with Crippen LogP contribution < -0.4 is 0 Å². The Morgan fingerprint density at radius 3 is 2.70 bits per heavy atom. The van der Waals surface area contributed by atoms with Crippen LogP contribution in [0.1, 0.15) is 50.5 Å². The molecule has 0 radical (unpaired) electrons. The number of aryl methyl sites for hydroxylation is 1. The van der Waals surface area contributed by atoms with Crippen molar-refractivity contribution < 1.29 is 0 Å². The van der Waals surface area contributed by atoms with Crippen molar-refractivity contribution in [3.63, 3.8) is 0 Å². The topological polar surface area (TPSA) is 4.93 Å². The van der Waals surface area contributed by atoms with Crippen LogP contribution in [0, 0.1) is 5.92 Å². The number of para-hydroxylation sites is 1. The number of rotatable bonds is 3. The Balaban J connectivity index is 1.81. The van der Waals surface area contributed by atoms with Crippen LogP contribution in [0.4, 0.5) is 0 Å². The van der Waals surface area contributed by atoms with Gasteiger partial charge in [-0.2, -0.15) is 0 Å². The second kappa shape index (κ2) is 5.87. The van der Waals surface area contributed by atoms with Gasteiger partial charge in [0.15, 0.2) is 0 Å². The van der Waals surface area contributed by atoms with Crippen LogP contribution in [0.2, 0.25) is 0 Å². The smallest absolute Gasteiger partial charge is 0.0480 e. The minimum Gasteiger partial charge on any atom is -0.350 e. The third-order valence-electron chi connectivity index (χ3n) is 4.74. The molecule has 1 saturated carbocycles. The van der Waals surface area contributed by atoms with E-state index in [1.807, 2.05) is 0 Å². The van der Waals surface area contributed by atoms with Gasteiger partial charge in [0.05, 0.1) is 0 Å². The highest BCUT2D eigenvalue weighted by Crippen LogP contribution is 2.30. The second-order valence-electron chi connectivity index (χ2n) is 6.28. The molecule has 0 aliphatic heterocycles. The summed E-state index contributed by atoms with van der Waals surface area (Å²) in [6.07, 6.45) is 14.2. The molecule has 20 heavy (non-hydrogen) atoms. The number of fused-ring (bicyclic) bond motifs is 1. The highest BCUT2D eigenvalue weighted by atomic mass is 14.9. The van der Waals surface area contributed by atoms with E-state index >= 15 is 0 Å².